The first kappa shape index (κ1) is 13.7. The van der Waals surface area contributed by atoms with Gasteiger partial charge >= 0.3 is 0 Å². The maximum absolute atomic E-state index is 11.9. The molecule has 0 radical (unpaired) electrons. The summed E-state index contributed by atoms with van der Waals surface area (Å²) in [5.74, 6) is 0.711. The highest BCUT2D eigenvalue weighted by Crippen LogP contribution is 2.57. The van der Waals surface area contributed by atoms with Gasteiger partial charge in [-0.3, -0.25) is 4.79 Å². The number of allylic oxidation sites excluding steroid dienone is 1. The lowest BCUT2D eigenvalue weighted by Crippen LogP contribution is -2.60. The van der Waals surface area contributed by atoms with Crippen molar-refractivity contribution in [2.75, 3.05) is 0 Å². The van der Waals surface area contributed by atoms with Gasteiger partial charge in [0.1, 0.15) is 17.3 Å². The highest BCUT2D eigenvalue weighted by atomic mass is 16.5. The molecule has 1 heterocycles. The number of hydrogen-bond acceptors (Lipinski definition) is 4. The molecule has 0 bridgehead atoms. The molecule has 1 aliphatic heterocycles. The molecule has 0 aromatic heterocycles. The summed E-state index contributed by atoms with van der Waals surface area (Å²) in [5, 5.41) is 20.1. The van der Waals surface area contributed by atoms with Crippen LogP contribution in [0.5, 0.6) is 0 Å². The maximum Gasteiger partial charge on any atom is 0.133 e. The topological polar surface area (TPSA) is 66.8 Å². The van der Waals surface area contributed by atoms with E-state index in [0.29, 0.717) is 12.8 Å². The number of ether oxygens (including phenoxy) is 1. The van der Waals surface area contributed by atoms with Crippen molar-refractivity contribution in [3.05, 3.63) is 23.7 Å². The molecule has 4 nitrogen and oxygen atoms in total. The van der Waals surface area contributed by atoms with Gasteiger partial charge in [0.25, 0.3) is 0 Å². The summed E-state index contributed by atoms with van der Waals surface area (Å²) in [7, 11) is 0. The molecule has 110 valence electrons. The summed E-state index contributed by atoms with van der Waals surface area (Å²) in [5.41, 5.74) is -0.980. The second-order valence-electron chi connectivity index (χ2n) is 7.04. The third-order valence-electron chi connectivity index (χ3n) is 5.51. The van der Waals surface area contributed by atoms with Crippen molar-refractivity contribution < 1.29 is 19.7 Å². The van der Waals surface area contributed by atoms with E-state index in [2.05, 4.69) is 0 Å². The number of rotatable bonds is 0. The molecule has 20 heavy (non-hydrogen) atoms. The monoisotopic (exact) mass is 278 g/mol. The smallest absolute Gasteiger partial charge is 0.133 e. The van der Waals surface area contributed by atoms with Gasteiger partial charge in [0.15, 0.2) is 0 Å². The summed E-state index contributed by atoms with van der Waals surface area (Å²) in [4.78, 5) is 11.9. The Labute approximate surface area is 119 Å². The van der Waals surface area contributed by atoms with Gasteiger partial charge in [0.2, 0.25) is 0 Å². The van der Waals surface area contributed by atoms with Crippen LogP contribution in [0.1, 0.15) is 40.0 Å². The van der Waals surface area contributed by atoms with Crippen molar-refractivity contribution in [1.29, 1.82) is 0 Å². The maximum atomic E-state index is 11.9. The molecule has 3 rings (SSSR count). The molecule has 0 amide bonds. The van der Waals surface area contributed by atoms with E-state index in [-0.39, 0.29) is 34.7 Å². The highest BCUT2D eigenvalue weighted by molar-refractivity contribution is 5.79. The summed E-state index contributed by atoms with van der Waals surface area (Å²) in [6.45, 7) is 6.03. The molecule has 4 atom stereocenters. The lowest BCUT2D eigenvalue weighted by molar-refractivity contribution is -0.217. The normalized spacial score (nSPS) is 43.1. The first-order chi connectivity index (χ1) is 9.25. The number of carbonyl (C=O) groups excluding carboxylic acids is 1. The van der Waals surface area contributed by atoms with Gasteiger partial charge in [-0.15, -0.1) is 0 Å². The summed E-state index contributed by atoms with van der Waals surface area (Å²) < 4.78 is 6.18. The predicted molar refractivity (Wildman–Crippen MR) is 74.3 cm³/mol. The van der Waals surface area contributed by atoms with Crippen LogP contribution >= 0.6 is 0 Å². The zero-order valence-electron chi connectivity index (χ0n) is 12.2. The molecule has 2 unspecified atom stereocenters. The van der Waals surface area contributed by atoms with E-state index in [4.69, 9.17) is 4.74 Å². The average Bonchev–Trinajstić information content (AvgIpc) is 2.33. The van der Waals surface area contributed by atoms with Gasteiger partial charge in [-0.25, -0.2) is 0 Å². The van der Waals surface area contributed by atoms with Crippen LogP contribution in [-0.4, -0.2) is 27.7 Å². The van der Waals surface area contributed by atoms with Crippen LogP contribution in [-0.2, 0) is 9.53 Å². The molecule has 1 saturated heterocycles. The highest BCUT2D eigenvalue weighted by Gasteiger charge is 2.59. The standard InChI is InChI=1S/C16H22O4/c1-15(2)11-5-4-9(17)6-12(11)16(3)13(19)7-10(18)8-14(16)20-15/h7-8,11-12,14,18-19H,4-6H2,1-3H3/t11-,12-,14?,16?/m1/s1. The quantitative estimate of drug-likeness (QED) is 0.714. The van der Waals surface area contributed by atoms with Gasteiger partial charge in [-0.05, 0) is 45.1 Å². The number of carbonyl (C=O) groups is 1. The van der Waals surface area contributed by atoms with E-state index in [1.165, 1.54) is 6.08 Å². The van der Waals surface area contributed by atoms with Crippen LogP contribution in [0, 0.1) is 17.3 Å². The third kappa shape index (κ3) is 1.74. The predicted octanol–water partition coefficient (Wildman–Crippen LogP) is 3.05. The van der Waals surface area contributed by atoms with Crippen molar-refractivity contribution in [2.45, 2.75) is 51.7 Å². The fourth-order valence-corrected chi connectivity index (χ4v) is 4.26. The second kappa shape index (κ2) is 4.10. The van der Waals surface area contributed by atoms with Gasteiger partial charge in [0.05, 0.1) is 17.1 Å². The molecular formula is C16H22O4. The van der Waals surface area contributed by atoms with Crippen molar-refractivity contribution in [3.8, 4) is 0 Å². The Morgan fingerprint density at radius 1 is 1.25 bits per heavy atom. The number of fused-ring (bicyclic) bond motifs is 3. The molecular weight excluding hydrogens is 256 g/mol. The molecule has 1 saturated carbocycles. The lowest BCUT2D eigenvalue weighted by Gasteiger charge is -2.58. The molecule has 2 aliphatic carbocycles. The molecule has 4 heteroatoms. The van der Waals surface area contributed by atoms with E-state index in [0.717, 1.165) is 6.42 Å². The fourth-order valence-electron chi connectivity index (χ4n) is 4.26. The van der Waals surface area contributed by atoms with Crippen LogP contribution in [0.4, 0.5) is 0 Å². The minimum atomic E-state index is -0.623. The molecule has 0 aromatic carbocycles. The average molecular weight is 278 g/mol. The Morgan fingerprint density at radius 3 is 2.65 bits per heavy atom. The zero-order chi connectivity index (χ0) is 14.7. The summed E-state index contributed by atoms with van der Waals surface area (Å²) in [6.07, 6.45) is 4.53. The molecule has 0 spiro atoms. The van der Waals surface area contributed by atoms with Crippen LogP contribution in [0.2, 0.25) is 0 Å². The van der Waals surface area contributed by atoms with Gasteiger partial charge in [-0.1, -0.05) is 0 Å². The van der Waals surface area contributed by atoms with Crippen molar-refractivity contribution in [1.82, 2.24) is 0 Å². The van der Waals surface area contributed by atoms with Gasteiger partial charge < -0.3 is 14.9 Å². The van der Waals surface area contributed by atoms with Crippen LogP contribution in [0.15, 0.2) is 23.7 Å². The van der Waals surface area contributed by atoms with Crippen molar-refractivity contribution >= 4 is 5.78 Å². The van der Waals surface area contributed by atoms with Crippen LogP contribution in [0.3, 0.4) is 0 Å². The Balaban J connectivity index is 2.08. The molecule has 3 aliphatic rings. The first-order valence-electron chi connectivity index (χ1n) is 7.26. The Kier molecular flexibility index (Phi) is 2.81. The van der Waals surface area contributed by atoms with Crippen LogP contribution < -0.4 is 0 Å². The van der Waals surface area contributed by atoms with E-state index in [9.17, 15) is 15.0 Å². The Morgan fingerprint density at radius 2 is 1.95 bits per heavy atom. The molecule has 0 aromatic rings. The molecule has 2 fully saturated rings. The van der Waals surface area contributed by atoms with Crippen molar-refractivity contribution in [2.24, 2.45) is 17.3 Å². The first-order valence-corrected chi connectivity index (χ1v) is 7.26. The summed E-state index contributed by atoms with van der Waals surface area (Å²) in [6, 6.07) is 0. The van der Waals surface area contributed by atoms with E-state index in [1.54, 1.807) is 6.08 Å². The third-order valence-corrected chi connectivity index (χ3v) is 5.51. The van der Waals surface area contributed by atoms with E-state index >= 15 is 0 Å². The number of Topliss-reactive ketones (excluding diaryl/α,β-unsaturated/α-hetero) is 1. The zero-order valence-corrected chi connectivity index (χ0v) is 12.2. The minimum Gasteiger partial charge on any atom is -0.511 e. The number of hydrogen-bond donors (Lipinski definition) is 2. The summed E-state index contributed by atoms with van der Waals surface area (Å²) >= 11 is 0. The lowest BCUT2D eigenvalue weighted by atomic mass is 9.55. The number of aliphatic hydroxyl groups excluding tert-OH is 2. The van der Waals surface area contributed by atoms with Gasteiger partial charge in [0, 0.05) is 18.9 Å². The second-order valence-corrected chi connectivity index (χ2v) is 7.04. The fraction of sp³-hybridized carbons (Fsp3) is 0.688. The van der Waals surface area contributed by atoms with Gasteiger partial charge in [-0.2, -0.15) is 0 Å². The molecule has 2 N–H and O–H groups in total. The largest absolute Gasteiger partial charge is 0.511 e. The van der Waals surface area contributed by atoms with E-state index < -0.39 is 11.5 Å². The SMILES string of the molecule is CC1(C)OC2C=C(O)C=C(O)C2(C)[C@@H]2CC(=O)CC[C@H]21. The number of aliphatic hydroxyl groups is 2. The van der Waals surface area contributed by atoms with E-state index in [1.807, 2.05) is 20.8 Å². The van der Waals surface area contributed by atoms with Crippen LogP contribution in [0.25, 0.3) is 0 Å². The minimum absolute atomic E-state index is 0.0290. The number of ketones is 1. The Hall–Kier alpha value is -1.29. The van der Waals surface area contributed by atoms with Crippen molar-refractivity contribution in [3.63, 3.8) is 0 Å². The Bertz CT molecular complexity index is 517.